The number of carbonyl (C=O) groups is 4. The molecule has 2 aliphatic carbocycles. The van der Waals surface area contributed by atoms with Crippen LogP contribution in [0, 0.1) is 17.3 Å². The lowest BCUT2D eigenvalue weighted by atomic mass is 9.55. The lowest BCUT2D eigenvalue weighted by molar-refractivity contribution is -0.242. The van der Waals surface area contributed by atoms with E-state index in [2.05, 4.69) is 6.58 Å². The quantitative estimate of drug-likeness (QED) is 0.235. The fourth-order valence-electron chi connectivity index (χ4n) is 5.76. The van der Waals surface area contributed by atoms with Crippen molar-refractivity contribution in [1.82, 2.24) is 0 Å². The van der Waals surface area contributed by atoms with E-state index in [1.807, 2.05) is 0 Å². The lowest BCUT2D eigenvalue weighted by Gasteiger charge is -2.56. The number of fused-ring (bicyclic) bond motifs is 2. The molecule has 0 saturated carbocycles. The number of rotatable bonds is 3. The maximum absolute atomic E-state index is 12.8. The van der Waals surface area contributed by atoms with Crippen molar-refractivity contribution in [2.45, 2.75) is 82.5 Å². The van der Waals surface area contributed by atoms with Crippen LogP contribution in [-0.4, -0.2) is 75.1 Å². The van der Waals surface area contributed by atoms with Gasteiger partial charge in [-0.15, -0.1) is 11.6 Å². The van der Waals surface area contributed by atoms with E-state index in [-0.39, 0.29) is 5.57 Å². The summed E-state index contributed by atoms with van der Waals surface area (Å²) in [4.78, 5) is 49.3. The van der Waals surface area contributed by atoms with E-state index in [1.165, 1.54) is 39.0 Å². The van der Waals surface area contributed by atoms with E-state index < -0.39 is 82.1 Å². The van der Waals surface area contributed by atoms with Crippen molar-refractivity contribution in [2.75, 3.05) is 0 Å². The minimum atomic E-state index is -2.27. The van der Waals surface area contributed by atoms with Gasteiger partial charge < -0.3 is 29.2 Å². The number of hydrogen-bond acceptors (Lipinski definition) is 10. The molecule has 10 nitrogen and oxygen atoms in total. The summed E-state index contributed by atoms with van der Waals surface area (Å²) in [6.45, 7) is 11.8. The number of ether oxygens (including phenoxy) is 4. The van der Waals surface area contributed by atoms with Gasteiger partial charge in [-0.05, 0) is 31.6 Å². The van der Waals surface area contributed by atoms with Crippen LogP contribution in [0.2, 0.25) is 0 Å². The second-order valence-electron chi connectivity index (χ2n) is 10.3. The number of hydrogen-bond donors (Lipinski definition) is 2. The van der Waals surface area contributed by atoms with Crippen LogP contribution in [0.3, 0.4) is 0 Å². The van der Waals surface area contributed by atoms with Crippen molar-refractivity contribution in [3.8, 4) is 0 Å². The average molecular weight is 541 g/mol. The normalized spacial score (nSPS) is 44.1. The molecule has 0 radical (unpaired) electrons. The summed E-state index contributed by atoms with van der Waals surface area (Å²) >= 11 is 6.64. The predicted octanol–water partition coefficient (Wildman–Crippen LogP) is 1.75. The van der Waals surface area contributed by atoms with Gasteiger partial charge in [-0.3, -0.25) is 19.2 Å². The lowest BCUT2D eigenvalue weighted by Crippen LogP contribution is -2.70. The Hall–Kier alpha value is -2.69. The molecule has 3 rings (SSSR count). The molecule has 1 heterocycles. The Balaban J connectivity index is 2.42. The number of esters is 4. The van der Waals surface area contributed by atoms with Crippen LogP contribution in [0.4, 0.5) is 0 Å². The Morgan fingerprint density at radius 2 is 1.54 bits per heavy atom. The van der Waals surface area contributed by atoms with Gasteiger partial charge in [-0.25, -0.2) is 0 Å². The van der Waals surface area contributed by atoms with Gasteiger partial charge in [0.2, 0.25) is 0 Å². The number of allylic oxidation sites excluding steroid dienone is 1. The van der Waals surface area contributed by atoms with Gasteiger partial charge in [0.05, 0.1) is 11.3 Å². The highest BCUT2D eigenvalue weighted by Crippen LogP contribution is 2.55. The number of carbonyl (C=O) groups excluding carboxylic acids is 4. The van der Waals surface area contributed by atoms with Gasteiger partial charge in [0.15, 0.2) is 11.7 Å². The van der Waals surface area contributed by atoms with Crippen LogP contribution >= 0.6 is 11.6 Å². The summed E-state index contributed by atoms with van der Waals surface area (Å²) in [5.74, 6) is -5.56. The van der Waals surface area contributed by atoms with E-state index in [1.54, 1.807) is 13.0 Å². The first-order valence-electron chi connectivity index (χ1n) is 11.8. The third-order valence-electron chi connectivity index (χ3n) is 7.61. The molecule has 2 N–H and O–H groups in total. The van der Waals surface area contributed by atoms with Gasteiger partial charge in [0.1, 0.15) is 23.9 Å². The molecule has 0 aromatic heterocycles. The summed E-state index contributed by atoms with van der Waals surface area (Å²) in [7, 11) is 0. The van der Waals surface area contributed by atoms with Crippen LogP contribution in [0.5, 0.6) is 0 Å². The fourth-order valence-corrected chi connectivity index (χ4v) is 6.08. The molecule has 204 valence electrons. The van der Waals surface area contributed by atoms with Gasteiger partial charge in [-0.1, -0.05) is 25.7 Å². The Morgan fingerprint density at radius 1 is 1.00 bits per heavy atom. The molecule has 0 amide bonds. The highest BCUT2D eigenvalue weighted by molar-refractivity contribution is 6.23. The Morgan fingerprint density at radius 3 is 2.08 bits per heavy atom. The smallest absolute Gasteiger partial charge is 0.312 e. The molecule has 0 spiro atoms. The first-order chi connectivity index (χ1) is 17.0. The molecular formula is C26H33ClO10. The zero-order chi connectivity index (χ0) is 28.1. The maximum Gasteiger partial charge on any atom is 0.312 e. The summed E-state index contributed by atoms with van der Waals surface area (Å²) < 4.78 is 22.2. The van der Waals surface area contributed by atoms with Crippen molar-refractivity contribution in [1.29, 1.82) is 0 Å². The highest BCUT2D eigenvalue weighted by atomic mass is 35.5. The summed E-state index contributed by atoms with van der Waals surface area (Å²) in [5, 5.41) is 23.1. The average Bonchev–Trinajstić information content (AvgIpc) is 3.00. The summed E-state index contributed by atoms with van der Waals surface area (Å²) in [5.41, 5.74) is -5.44. The molecular weight excluding hydrogens is 508 g/mol. The minimum absolute atomic E-state index is 0.233. The zero-order valence-electron chi connectivity index (χ0n) is 21.6. The number of alkyl halides is 1. The van der Waals surface area contributed by atoms with Crippen LogP contribution in [-0.2, 0) is 38.1 Å². The third-order valence-corrected chi connectivity index (χ3v) is 8.12. The molecule has 1 fully saturated rings. The maximum atomic E-state index is 12.8. The fraction of sp³-hybridized carbons (Fsp3) is 0.615. The van der Waals surface area contributed by atoms with E-state index in [9.17, 15) is 29.4 Å². The van der Waals surface area contributed by atoms with Gasteiger partial charge in [-0.2, -0.15) is 0 Å². The van der Waals surface area contributed by atoms with Crippen molar-refractivity contribution in [2.24, 2.45) is 17.3 Å². The zero-order valence-corrected chi connectivity index (χ0v) is 22.4. The third kappa shape index (κ3) is 4.82. The van der Waals surface area contributed by atoms with Crippen LogP contribution in [0.1, 0.15) is 41.5 Å². The highest BCUT2D eigenvalue weighted by Gasteiger charge is 2.70. The van der Waals surface area contributed by atoms with Crippen molar-refractivity contribution in [3.63, 3.8) is 0 Å². The van der Waals surface area contributed by atoms with E-state index in [0.717, 1.165) is 13.8 Å². The topological polar surface area (TPSA) is 146 Å². The van der Waals surface area contributed by atoms with Gasteiger partial charge in [0.25, 0.3) is 0 Å². The SMILES string of the molecule is C=C1/C=C\[C@H](OC(C)=O)[C@@]2(C)C=C[C@@H](OC(C)=O)[C@@](C)(O)[C@@H]2[C@H](OC(C)=O)C2(O)[C@@H](C)C(=O)O[C@H]2[C@H]1Cl. The predicted molar refractivity (Wildman–Crippen MR) is 130 cm³/mol. The summed E-state index contributed by atoms with van der Waals surface area (Å²) in [6, 6.07) is 0. The van der Waals surface area contributed by atoms with Crippen molar-refractivity contribution >= 4 is 35.5 Å². The molecule has 1 saturated heterocycles. The second kappa shape index (κ2) is 9.89. The Bertz CT molecular complexity index is 1060. The molecule has 1 unspecified atom stereocenters. The molecule has 10 atom stereocenters. The molecule has 37 heavy (non-hydrogen) atoms. The first-order valence-corrected chi connectivity index (χ1v) is 12.3. The summed E-state index contributed by atoms with van der Waals surface area (Å²) in [6.07, 6.45) is 0.581. The first kappa shape index (κ1) is 28.9. The van der Waals surface area contributed by atoms with Gasteiger partial charge >= 0.3 is 23.9 Å². The van der Waals surface area contributed by atoms with E-state index in [4.69, 9.17) is 30.5 Å². The molecule has 0 aromatic rings. The van der Waals surface area contributed by atoms with Crippen LogP contribution < -0.4 is 0 Å². The molecule has 3 aliphatic rings. The molecule has 11 heteroatoms. The Labute approximate surface area is 220 Å². The van der Waals surface area contributed by atoms with Crippen molar-refractivity contribution < 1.29 is 48.3 Å². The number of halogens is 1. The molecule has 1 aliphatic heterocycles. The largest absolute Gasteiger partial charge is 0.459 e. The van der Waals surface area contributed by atoms with E-state index in [0.29, 0.717) is 0 Å². The Kier molecular flexibility index (Phi) is 7.71. The molecule has 0 bridgehead atoms. The molecule has 0 aromatic carbocycles. The van der Waals surface area contributed by atoms with Gasteiger partial charge in [0, 0.05) is 32.1 Å². The minimum Gasteiger partial charge on any atom is -0.459 e. The monoisotopic (exact) mass is 540 g/mol. The number of aliphatic hydroxyl groups is 2. The second-order valence-corrected chi connectivity index (χ2v) is 10.8. The van der Waals surface area contributed by atoms with Crippen molar-refractivity contribution in [3.05, 3.63) is 36.5 Å². The van der Waals surface area contributed by atoms with E-state index >= 15 is 0 Å². The van der Waals surface area contributed by atoms with Crippen LogP contribution in [0.25, 0.3) is 0 Å². The standard InChI is InChI=1S/C26H33ClO10/c1-12-8-9-17(34-14(3)28)24(6)11-10-18(35-15(4)29)25(7,32)20(24)22(36-16(5)30)26(33)13(2)23(31)37-21(26)19(12)27/h8-11,13,17-22,32-33H,1H2,2-7H3/b9-8-/t13-,17-,18+,19-,20+,21-,22-,24+,25+,26?/m0/s1. The van der Waals surface area contributed by atoms with Crippen LogP contribution in [0.15, 0.2) is 36.5 Å².